The lowest BCUT2D eigenvalue weighted by Crippen LogP contribution is -2.29. The summed E-state index contributed by atoms with van der Waals surface area (Å²) >= 11 is 1.41. The van der Waals surface area contributed by atoms with Crippen LogP contribution in [0.25, 0.3) is 11.0 Å². The fourth-order valence-corrected chi connectivity index (χ4v) is 6.07. The van der Waals surface area contributed by atoms with E-state index in [1.165, 1.54) is 11.8 Å². The largest absolute Gasteiger partial charge is 0.346 e. The fourth-order valence-electron chi connectivity index (χ4n) is 2.61. The SMILES string of the molecule is C[C@@H](NC(=O)CS[C@H]1CCS(=O)(=O)C1)c1nc2ccccc2[nH]1. The highest BCUT2D eigenvalue weighted by molar-refractivity contribution is 8.02. The monoisotopic (exact) mass is 353 g/mol. The Morgan fingerprint density at radius 3 is 2.96 bits per heavy atom. The maximum absolute atomic E-state index is 12.0. The summed E-state index contributed by atoms with van der Waals surface area (Å²) < 4.78 is 22.8. The Kier molecular flexibility index (Phi) is 4.63. The first-order valence-corrected chi connectivity index (χ1v) is 10.4. The minimum Gasteiger partial charge on any atom is -0.346 e. The van der Waals surface area contributed by atoms with Crippen molar-refractivity contribution in [1.82, 2.24) is 15.3 Å². The van der Waals surface area contributed by atoms with E-state index in [2.05, 4.69) is 15.3 Å². The van der Waals surface area contributed by atoms with Crippen LogP contribution < -0.4 is 5.32 Å². The Morgan fingerprint density at radius 1 is 1.48 bits per heavy atom. The molecule has 2 aromatic rings. The van der Waals surface area contributed by atoms with Crippen LogP contribution in [0.4, 0.5) is 0 Å². The first-order valence-electron chi connectivity index (χ1n) is 7.49. The Morgan fingerprint density at radius 2 is 2.26 bits per heavy atom. The maximum Gasteiger partial charge on any atom is 0.230 e. The second-order valence-corrected chi connectivity index (χ2v) is 9.28. The van der Waals surface area contributed by atoms with Crippen LogP contribution in [0.5, 0.6) is 0 Å². The summed E-state index contributed by atoms with van der Waals surface area (Å²) in [5, 5.41) is 2.93. The third-order valence-corrected chi connectivity index (χ3v) is 7.12. The van der Waals surface area contributed by atoms with Crippen molar-refractivity contribution in [2.75, 3.05) is 17.3 Å². The Balaban J connectivity index is 1.53. The minimum absolute atomic E-state index is 0.0345. The minimum atomic E-state index is -2.89. The van der Waals surface area contributed by atoms with Crippen molar-refractivity contribution in [1.29, 1.82) is 0 Å². The van der Waals surface area contributed by atoms with Crippen molar-refractivity contribution in [3.05, 3.63) is 30.1 Å². The van der Waals surface area contributed by atoms with Crippen LogP contribution in [0.2, 0.25) is 0 Å². The summed E-state index contributed by atoms with van der Waals surface area (Å²) in [5.74, 6) is 1.30. The summed E-state index contributed by atoms with van der Waals surface area (Å²) in [7, 11) is -2.89. The number of rotatable bonds is 5. The van der Waals surface area contributed by atoms with E-state index in [0.717, 1.165) is 11.0 Å². The predicted molar refractivity (Wildman–Crippen MR) is 92.2 cm³/mol. The number of hydrogen-bond donors (Lipinski definition) is 2. The Labute approximate surface area is 139 Å². The second-order valence-electron chi connectivity index (χ2n) is 5.76. The molecule has 0 aliphatic carbocycles. The maximum atomic E-state index is 12.0. The van der Waals surface area contributed by atoms with Gasteiger partial charge < -0.3 is 10.3 Å². The van der Waals surface area contributed by atoms with Crippen LogP contribution in [-0.4, -0.2) is 46.8 Å². The number of nitrogens with one attached hydrogen (secondary N) is 2. The van der Waals surface area contributed by atoms with E-state index in [1.54, 1.807) is 0 Å². The molecule has 1 saturated heterocycles. The molecule has 0 radical (unpaired) electrons. The van der Waals surface area contributed by atoms with Crippen molar-refractivity contribution in [2.24, 2.45) is 0 Å². The molecular weight excluding hydrogens is 334 g/mol. The zero-order valence-electron chi connectivity index (χ0n) is 12.8. The number of thioether (sulfide) groups is 1. The quantitative estimate of drug-likeness (QED) is 0.853. The third kappa shape index (κ3) is 4.06. The van der Waals surface area contributed by atoms with Crippen molar-refractivity contribution >= 4 is 38.5 Å². The van der Waals surface area contributed by atoms with Gasteiger partial charge in [-0.1, -0.05) is 12.1 Å². The molecule has 1 aromatic carbocycles. The summed E-state index contributed by atoms with van der Waals surface area (Å²) in [5.41, 5.74) is 1.81. The molecule has 6 nitrogen and oxygen atoms in total. The number of sulfone groups is 1. The first-order chi connectivity index (χ1) is 10.9. The van der Waals surface area contributed by atoms with E-state index in [0.29, 0.717) is 12.2 Å². The Bertz CT molecular complexity index is 783. The van der Waals surface area contributed by atoms with Crippen LogP contribution in [-0.2, 0) is 14.6 Å². The number of nitrogens with zero attached hydrogens (tertiary/aromatic N) is 1. The van der Waals surface area contributed by atoms with E-state index >= 15 is 0 Å². The molecule has 2 N–H and O–H groups in total. The number of amides is 1. The van der Waals surface area contributed by atoms with Gasteiger partial charge in [0.25, 0.3) is 0 Å². The molecule has 0 spiro atoms. The van der Waals surface area contributed by atoms with Gasteiger partial charge in [0, 0.05) is 5.25 Å². The number of H-pyrrole nitrogens is 1. The zero-order chi connectivity index (χ0) is 16.4. The normalized spacial score (nSPS) is 21.3. The molecular formula is C15H19N3O3S2. The molecule has 1 amide bonds. The van der Waals surface area contributed by atoms with E-state index in [1.807, 2.05) is 31.2 Å². The number of carbonyl (C=O) groups is 1. The van der Waals surface area contributed by atoms with Crippen LogP contribution in [0.3, 0.4) is 0 Å². The van der Waals surface area contributed by atoms with E-state index in [-0.39, 0.29) is 34.5 Å². The molecule has 3 rings (SSSR count). The number of fused-ring (bicyclic) bond motifs is 1. The number of hydrogen-bond acceptors (Lipinski definition) is 5. The van der Waals surface area contributed by atoms with Gasteiger partial charge in [-0.2, -0.15) is 0 Å². The van der Waals surface area contributed by atoms with Gasteiger partial charge in [0.05, 0.1) is 34.3 Å². The summed E-state index contributed by atoms with van der Waals surface area (Å²) in [4.78, 5) is 19.7. The van der Waals surface area contributed by atoms with Gasteiger partial charge in [-0.25, -0.2) is 13.4 Å². The molecule has 23 heavy (non-hydrogen) atoms. The topological polar surface area (TPSA) is 91.9 Å². The third-order valence-electron chi connectivity index (χ3n) is 3.84. The molecule has 2 atom stereocenters. The van der Waals surface area contributed by atoms with Gasteiger partial charge in [0.15, 0.2) is 9.84 Å². The highest BCUT2D eigenvalue weighted by Crippen LogP contribution is 2.24. The van der Waals surface area contributed by atoms with Crippen LogP contribution in [0.1, 0.15) is 25.2 Å². The first kappa shape index (κ1) is 16.3. The molecule has 124 valence electrons. The number of imidazole rings is 1. The predicted octanol–water partition coefficient (Wildman–Crippen LogP) is 1.66. The van der Waals surface area contributed by atoms with E-state index in [4.69, 9.17) is 0 Å². The number of aromatic nitrogens is 2. The van der Waals surface area contributed by atoms with Crippen LogP contribution in [0.15, 0.2) is 24.3 Å². The lowest BCUT2D eigenvalue weighted by atomic mass is 10.3. The number of aromatic amines is 1. The molecule has 1 aliphatic heterocycles. The lowest BCUT2D eigenvalue weighted by Gasteiger charge is -2.12. The van der Waals surface area contributed by atoms with Crippen molar-refractivity contribution < 1.29 is 13.2 Å². The van der Waals surface area contributed by atoms with Crippen molar-refractivity contribution in [3.63, 3.8) is 0 Å². The molecule has 1 fully saturated rings. The average Bonchev–Trinajstić information content (AvgIpc) is 3.08. The summed E-state index contributed by atoms with van der Waals surface area (Å²) in [6, 6.07) is 7.49. The van der Waals surface area contributed by atoms with E-state index in [9.17, 15) is 13.2 Å². The van der Waals surface area contributed by atoms with Crippen molar-refractivity contribution in [2.45, 2.75) is 24.6 Å². The highest BCUT2D eigenvalue weighted by atomic mass is 32.2. The molecule has 2 heterocycles. The van der Waals surface area contributed by atoms with Crippen LogP contribution >= 0.6 is 11.8 Å². The fraction of sp³-hybridized carbons (Fsp3) is 0.467. The van der Waals surface area contributed by atoms with Gasteiger partial charge in [0.2, 0.25) is 5.91 Å². The van der Waals surface area contributed by atoms with Gasteiger partial charge in [-0.3, -0.25) is 4.79 Å². The number of benzene rings is 1. The highest BCUT2D eigenvalue weighted by Gasteiger charge is 2.28. The second kappa shape index (κ2) is 6.52. The lowest BCUT2D eigenvalue weighted by molar-refractivity contribution is -0.119. The van der Waals surface area contributed by atoms with Gasteiger partial charge in [-0.05, 0) is 25.5 Å². The average molecular weight is 353 g/mol. The molecule has 0 bridgehead atoms. The van der Waals surface area contributed by atoms with Crippen molar-refractivity contribution in [3.8, 4) is 0 Å². The smallest absolute Gasteiger partial charge is 0.230 e. The standard InChI is InChI=1S/C15H19N3O3S2/c1-10(15-17-12-4-2-3-5-13(12)18-15)16-14(19)8-22-11-6-7-23(20,21)9-11/h2-5,10-11H,6-9H2,1H3,(H,16,19)(H,17,18)/t10-,11+/m1/s1. The molecule has 0 saturated carbocycles. The van der Waals surface area contributed by atoms with Crippen LogP contribution in [0, 0.1) is 0 Å². The van der Waals surface area contributed by atoms with Gasteiger partial charge in [-0.15, -0.1) is 11.8 Å². The summed E-state index contributed by atoms with van der Waals surface area (Å²) in [6.45, 7) is 1.88. The molecule has 0 unspecified atom stereocenters. The summed E-state index contributed by atoms with van der Waals surface area (Å²) in [6.07, 6.45) is 0.638. The van der Waals surface area contributed by atoms with Gasteiger partial charge >= 0.3 is 0 Å². The molecule has 1 aromatic heterocycles. The van der Waals surface area contributed by atoms with Gasteiger partial charge in [0.1, 0.15) is 5.82 Å². The molecule has 8 heteroatoms. The number of carbonyl (C=O) groups excluding carboxylic acids is 1. The Hall–Kier alpha value is -1.54. The molecule has 1 aliphatic rings. The zero-order valence-corrected chi connectivity index (χ0v) is 14.4. The number of para-hydroxylation sites is 2. The van der Waals surface area contributed by atoms with E-state index < -0.39 is 9.84 Å².